The van der Waals surface area contributed by atoms with E-state index in [9.17, 15) is 19.2 Å². The third-order valence-corrected chi connectivity index (χ3v) is 19.3. The van der Waals surface area contributed by atoms with Crippen molar-refractivity contribution in [3.8, 4) is 11.5 Å². The van der Waals surface area contributed by atoms with Gasteiger partial charge in [-0.15, -0.1) is 0 Å². The summed E-state index contributed by atoms with van der Waals surface area (Å²) in [5.74, 6) is -0.389. The predicted octanol–water partition coefficient (Wildman–Crippen LogP) is 6.03. The second-order valence-electron chi connectivity index (χ2n) is 18.9. The number of nitrogens with zero attached hydrogens (tertiary/aromatic N) is 6. The number of carbonyl (C=O) groups excluding carboxylic acids is 4. The fourth-order valence-electron chi connectivity index (χ4n) is 10.1. The van der Waals surface area contributed by atoms with Gasteiger partial charge >= 0.3 is 350 Å². The van der Waals surface area contributed by atoms with Crippen molar-refractivity contribution in [1.82, 2.24) is 29.1 Å². The molecule has 5 heterocycles. The van der Waals surface area contributed by atoms with Crippen molar-refractivity contribution < 1.29 is 58.5 Å². The van der Waals surface area contributed by atoms with Crippen molar-refractivity contribution >= 4 is 62.7 Å². The van der Waals surface area contributed by atoms with Gasteiger partial charge in [-0.25, -0.2) is 9.97 Å². The molecule has 20 heteroatoms. The number of amides is 4. The molecule has 4 aromatic heterocycles. The Morgan fingerprint density at radius 3 is 1.60 bits per heavy atom. The number of allylic oxidation sites excluding steroid dienone is 2. The van der Waals surface area contributed by atoms with Crippen LogP contribution in [0.15, 0.2) is 45.3 Å². The number of nitrogens with one attached hydrogen (secondary N) is 2. The molecule has 383 valence electrons. The maximum atomic E-state index is 14.1. The summed E-state index contributed by atoms with van der Waals surface area (Å²) in [4.78, 5) is 72.9. The molecule has 0 bridgehead atoms. The zero-order chi connectivity index (χ0) is 51.3. The minimum absolute atomic E-state index is 0.0603. The Morgan fingerprint density at radius 1 is 0.694 bits per heavy atom. The van der Waals surface area contributed by atoms with Gasteiger partial charge in [-0.2, -0.15) is 0 Å². The molecule has 1 radical (unpaired) electrons. The third-order valence-electron chi connectivity index (χ3n) is 14.4. The molecule has 6 N–H and O–H groups in total. The first-order chi connectivity index (χ1) is 34.6. The second-order valence-corrected chi connectivity index (χ2v) is 22.5. The number of hydrogen-bond acceptors (Lipinski definition) is 12. The van der Waals surface area contributed by atoms with Crippen molar-refractivity contribution in [2.75, 3.05) is 23.8 Å². The van der Waals surface area contributed by atoms with Crippen LogP contribution in [0.4, 0.5) is 11.9 Å². The number of carbonyl (C=O) groups is 4. The number of aryl methyl sites for hydroxylation is 4. The van der Waals surface area contributed by atoms with Gasteiger partial charge in [0.2, 0.25) is 0 Å². The van der Waals surface area contributed by atoms with Crippen LogP contribution in [0, 0.1) is 19.3 Å². The summed E-state index contributed by atoms with van der Waals surface area (Å²) >= 11 is -0.425. The average Bonchev–Trinajstić information content (AvgIpc) is 4.15. The molecule has 2 aromatic carbocycles. The SMILES string of the molecule is CCc1nc(C)oc1C(=O)Nc1nc2cc(C(N)=O)cc3c2n1C/C=C/Cn1c(NC(=O)c2oc(C)nc2CC)nc2cc(C(N)=O)cc(c21)OCC1(CCCCCCCC1[B][I-]C(CC)(CC)CC)CO3. The fourth-order valence-corrected chi connectivity index (χ4v) is 13.7. The number of benzene rings is 2. The number of ether oxygens (including phenoxy) is 2. The Balaban J connectivity index is 1.34. The summed E-state index contributed by atoms with van der Waals surface area (Å²) in [6.45, 7) is 14.7. The number of nitrogens with two attached hydrogens (primary N) is 2. The number of oxazole rings is 2. The molecule has 1 saturated carbocycles. The molecule has 0 saturated heterocycles. The van der Waals surface area contributed by atoms with Gasteiger partial charge in [0.1, 0.15) is 0 Å². The van der Waals surface area contributed by atoms with E-state index in [2.05, 4.69) is 46.5 Å². The molecule has 1 aliphatic heterocycles. The van der Waals surface area contributed by atoms with Crippen LogP contribution in [0.5, 0.6) is 11.5 Å². The van der Waals surface area contributed by atoms with E-state index in [1.807, 2.05) is 35.1 Å². The van der Waals surface area contributed by atoms with Gasteiger partial charge < -0.3 is 8.83 Å². The molecule has 72 heavy (non-hydrogen) atoms. The number of alkyl halides is 1. The van der Waals surface area contributed by atoms with Gasteiger partial charge in [-0.05, 0) is 12.8 Å². The van der Waals surface area contributed by atoms with Gasteiger partial charge in [-0.3, -0.25) is 0 Å². The van der Waals surface area contributed by atoms with Crippen LogP contribution in [0.1, 0.15) is 164 Å². The molecule has 1 unspecified atom stereocenters. The van der Waals surface area contributed by atoms with Crippen LogP contribution < -0.4 is 52.6 Å². The Morgan fingerprint density at radius 2 is 1.15 bits per heavy atom. The maximum absolute atomic E-state index is 14.1. The van der Waals surface area contributed by atoms with E-state index in [1.165, 1.54) is 0 Å². The zero-order valence-corrected chi connectivity index (χ0v) is 44.6. The van der Waals surface area contributed by atoms with Gasteiger partial charge in [0.25, 0.3) is 0 Å². The van der Waals surface area contributed by atoms with Crippen LogP contribution in [0.3, 0.4) is 0 Å². The Bertz CT molecular complexity index is 2840. The van der Waals surface area contributed by atoms with Crippen molar-refractivity contribution in [2.45, 2.75) is 148 Å². The molecule has 6 aromatic rings. The van der Waals surface area contributed by atoms with Crippen LogP contribution in [0.2, 0.25) is 5.82 Å². The van der Waals surface area contributed by atoms with E-state index in [0.29, 0.717) is 69.6 Å². The van der Waals surface area contributed by atoms with E-state index >= 15 is 0 Å². The number of halogens is 1. The van der Waals surface area contributed by atoms with E-state index in [4.69, 9.17) is 39.7 Å². The van der Waals surface area contributed by atoms with Gasteiger partial charge in [0, 0.05) is 13.8 Å². The van der Waals surface area contributed by atoms with Crippen LogP contribution >= 0.6 is 0 Å². The Hall–Kier alpha value is -6.19. The first kappa shape index (κ1) is 52.1. The van der Waals surface area contributed by atoms with E-state index in [-0.39, 0.29) is 70.1 Å². The average molecular weight is 1100 g/mol. The first-order valence-electron chi connectivity index (χ1n) is 25.3. The van der Waals surface area contributed by atoms with Crippen molar-refractivity contribution in [1.29, 1.82) is 0 Å². The second kappa shape index (κ2) is 22.3. The van der Waals surface area contributed by atoms with Crippen LogP contribution in [-0.4, -0.2) is 74.5 Å². The normalized spacial score (nSPS) is 17.0. The summed E-state index contributed by atoms with van der Waals surface area (Å²) < 4.78 is 29.8. The summed E-state index contributed by atoms with van der Waals surface area (Å²) in [5, 5.41) is 8.58. The fraction of sp³-hybridized carbons (Fsp3) is 0.500. The van der Waals surface area contributed by atoms with Gasteiger partial charge in [-0.1, -0.05) is 13.8 Å². The molecule has 18 nitrogen and oxygen atoms in total. The summed E-state index contributed by atoms with van der Waals surface area (Å²) in [5.41, 5.74) is 14.6. The van der Waals surface area contributed by atoms with Crippen molar-refractivity contribution in [2.24, 2.45) is 16.9 Å². The number of imidazole rings is 2. The molecule has 1 atom stereocenters. The first-order valence-corrected chi connectivity index (χ1v) is 27.6. The standard InChI is InChI=1S/C52H66BIN10O8/c1-8-34-43(71-30(6)57-34)47(67)61-49-59-36-24-32(45(55)65)26-38-41(36)63(49)22-18-19-23-64-42-37(60-50(64)62-48(68)44-35(9-2)58-31(7)72-44)25-33(46(56)66)27-39(42)70-29-51(28-69-38)21-17-15-13-14-16-20-40(51)53-54-52(10-3,11-4)12-5/h18-19,24-27,40H,8-17,20-23,28-29H2,1-7H3,(H2,55,65)(H2,56,66)(H,59,61,67)(H,60,62,68)/q-1/b19-18+. The number of hydrogen-bond donors (Lipinski definition) is 4. The predicted molar refractivity (Wildman–Crippen MR) is 272 cm³/mol. The number of primary amides is 2. The molecular formula is C52H66BIN10O8-. The van der Waals surface area contributed by atoms with Crippen molar-refractivity contribution in [3.63, 3.8) is 0 Å². The molecule has 1 fully saturated rings. The third kappa shape index (κ3) is 10.8. The number of rotatable bonds is 14. The molecule has 1 spiro atoms. The molecular weight excluding hydrogens is 1030 g/mol. The topological polar surface area (TPSA) is 251 Å². The zero-order valence-electron chi connectivity index (χ0n) is 42.4. The molecule has 8 rings (SSSR count). The molecule has 1 aliphatic carbocycles. The minimum atomic E-state index is -0.662. The van der Waals surface area contributed by atoms with Gasteiger partial charge in [0.05, 0.1) is 11.4 Å². The quantitative estimate of drug-likeness (QED) is 0.0423. The summed E-state index contributed by atoms with van der Waals surface area (Å²) in [6, 6.07) is 6.52. The van der Waals surface area contributed by atoms with E-state index in [1.54, 1.807) is 38.1 Å². The molecule has 4 amide bonds. The Kier molecular flexibility index (Phi) is 16.1. The monoisotopic (exact) mass is 1100 g/mol. The van der Waals surface area contributed by atoms with Crippen molar-refractivity contribution in [3.05, 3.63) is 82.2 Å². The molecule has 2 aliphatic rings. The number of aromatic nitrogens is 6. The Labute approximate surface area is 430 Å². The van der Waals surface area contributed by atoms with Crippen LogP contribution in [0.25, 0.3) is 22.1 Å². The van der Waals surface area contributed by atoms with Gasteiger partial charge in [0.15, 0.2) is 11.8 Å². The summed E-state index contributed by atoms with van der Waals surface area (Å²) in [6.07, 6.45) is 14.8. The van der Waals surface area contributed by atoms with E-state index < -0.39 is 50.0 Å². The van der Waals surface area contributed by atoms with E-state index in [0.717, 1.165) is 64.2 Å². The summed E-state index contributed by atoms with van der Waals surface area (Å²) in [7, 11) is 0. The number of anilines is 2. The van der Waals surface area contributed by atoms with Crippen LogP contribution in [-0.2, 0) is 25.9 Å².